The van der Waals surface area contributed by atoms with E-state index >= 15 is 0 Å². The normalized spacial score (nSPS) is 11.9. The minimum absolute atomic E-state index is 0.310. The zero-order valence-corrected chi connectivity index (χ0v) is 11.1. The van der Waals surface area contributed by atoms with Crippen LogP contribution in [0.25, 0.3) is 0 Å². The molecule has 0 bridgehead atoms. The molecule has 0 fully saturated rings. The van der Waals surface area contributed by atoms with Crippen molar-refractivity contribution in [3.05, 3.63) is 29.8 Å². The molecule has 1 aromatic rings. The van der Waals surface area contributed by atoms with Gasteiger partial charge < -0.3 is 14.2 Å². The summed E-state index contributed by atoms with van der Waals surface area (Å²) in [5.41, 5.74) is 1.02. The van der Waals surface area contributed by atoms with Gasteiger partial charge in [0.2, 0.25) is 0 Å². The van der Waals surface area contributed by atoms with Gasteiger partial charge in [0.1, 0.15) is 5.75 Å². The van der Waals surface area contributed by atoms with Gasteiger partial charge in [-0.3, -0.25) is 0 Å². The Morgan fingerprint density at radius 2 is 1.83 bits per heavy atom. The van der Waals surface area contributed by atoms with Gasteiger partial charge in [-0.05, 0) is 31.5 Å². The molecule has 0 aliphatic heterocycles. The number of ether oxygens (including phenoxy) is 3. The van der Waals surface area contributed by atoms with E-state index in [0.717, 1.165) is 11.3 Å². The molecular weight excluding hydrogens is 232 g/mol. The zero-order chi connectivity index (χ0) is 13.4. The van der Waals surface area contributed by atoms with E-state index in [1.54, 1.807) is 14.0 Å². The second kappa shape index (κ2) is 7.71. The van der Waals surface area contributed by atoms with E-state index in [1.807, 2.05) is 31.2 Å². The topological polar surface area (TPSA) is 44.8 Å². The van der Waals surface area contributed by atoms with Crippen LogP contribution in [0.4, 0.5) is 0 Å². The standard InChI is InChI=1S/C14H20O4/c1-4-17-13(14(15)18-5-2)10-11-6-8-12(16-3)9-7-11/h6-9,13H,4-5,10H2,1-3H3. The van der Waals surface area contributed by atoms with Crippen molar-refractivity contribution in [2.75, 3.05) is 20.3 Å². The van der Waals surface area contributed by atoms with Crippen molar-refractivity contribution in [3.8, 4) is 5.75 Å². The molecule has 4 nitrogen and oxygen atoms in total. The Morgan fingerprint density at radius 3 is 2.33 bits per heavy atom. The van der Waals surface area contributed by atoms with Gasteiger partial charge in [-0.1, -0.05) is 12.1 Å². The lowest BCUT2D eigenvalue weighted by atomic mass is 10.1. The van der Waals surface area contributed by atoms with E-state index in [0.29, 0.717) is 19.6 Å². The van der Waals surface area contributed by atoms with Crippen LogP contribution in [-0.2, 0) is 20.7 Å². The molecule has 0 radical (unpaired) electrons. The van der Waals surface area contributed by atoms with Crippen LogP contribution in [0.15, 0.2) is 24.3 Å². The molecule has 0 aromatic heterocycles. The lowest BCUT2D eigenvalue weighted by molar-refractivity contribution is -0.156. The molecule has 100 valence electrons. The summed E-state index contributed by atoms with van der Waals surface area (Å²) < 4.78 is 15.5. The highest BCUT2D eigenvalue weighted by molar-refractivity contribution is 5.75. The number of esters is 1. The van der Waals surface area contributed by atoms with Crippen LogP contribution in [0.1, 0.15) is 19.4 Å². The van der Waals surface area contributed by atoms with Crippen LogP contribution in [0.2, 0.25) is 0 Å². The number of hydrogen-bond donors (Lipinski definition) is 0. The van der Waals surface area contributed by atoms with Crippen LogP contribution < -0.4 is 4.74 Å². The van der Waals surface area contributed by atoms with Crippen molar-refractivity contribution in [2.45, 2.75) is 26.4 Å². The molecule has 0 spiro atoms. The fourth-order valence-corrected chi connectivity index (χ4v) is 1.62. The van der Waals surface area contributed by atoms with Crippen molar-refractivity contribution in [1.29, 1.82) is 0 Å². The Morgan fingerprint density at radius 1 is 1.17 bits per heavy atom. The molecule has 0 N–H and O–H groups in total. The number of carbonyl (C=O) groups is 1. The maximum Gasteiger partial charge on any atom is 0.335 e. The number of methoxy groups -OCH3 is 1. The van der Waals surface area contributed by atoms with Crippen molar-refractivity contribution in [2.24, 2.45) is 0 Å². The van der Waals surface area contributed by atoms with E-state index < -0.39 is 6.10 Å². The van der Waals surface area contributed by atoms with Crippen molar-refractivity contribution >= 4 is 5.97 Å². The van der Waals surface area contributed by atoms with Crippen LogP contribution >= 0.6 is 0 Å². The molecule has 1 aromatic carbocycles. The summed E-state index contributed by atoms with van der Waals surface area (Å²) in [6, 6.07) is 7.57. The maximum atomic E-state index is 11.7. The third kappa shape index (κ3) is 4.37. The highest BCUT2D eigenvalue weighted by Crippen LogP contribution is 2.14. The van der Waals surface area contributed by atoms with Crippen LogP contribution in [0, 0.1) is 0 Å². The quantitative estimate of drug-likeness (QED) is 0.698. The summed E-state index contributed by atoms with van der Waals surface area (Å²) in [4.78, 5) is 11.7. The Balaban J connectivity index is 2.66. The first-order valence-electron chi connectivity index (χ1n) is 6.12. The predicted molar refractivity (Wildman–Crippen MR) is 68.7 cm³/mol. The Kier molecular flexibility index (Phi) is 6.22. The van der Waals surface area contributed by atoms with Gasteiger partial charge in [-0.2, -0.15) is 0 Å². The smallest absolute Gasteiger partial charge is 0.335 e. The largest absolute Gasteiger partial charge is 0.497 e. The summed E-state index contributed by atoms with van der Waals surface area (Å²) in [5.74, 6) is 0.484. The lowest BCUT2D eigenvalue weighted by Crippen LogP contribution is -2.28. The zero-order valence-electron chi connectivity index (χ0n) is 11.1. The van der Waals surface area contributed by atoms with Gasteiger partial charge >= 0.3 is 5.97 Å². The van der Waals surface area contributed by atoms with Gasteiger partial charge in [-0.25, -0.2) is 4.79 Å². The molecule has 1 unspecified atom stereocenters. The molecule has 0 aliphatic carbocycles. The molecule has 4 heteroatoms. The molecule has 0 heterocycles. The van der Waals surface area contributed by atoms with E-state index in [2.05, 4.69) is 0 Å². The fraction of sp³-hybridized carbons (Fsp3) is 0.500. The first-order chi connectivity index (χ1) is 8.71. The van der Waals surface area contributed by atoms with Gasteiger partial charge in [-0.15, -0.1) is 0 Å². The Hall–Kier alpha value is -1.55. The number of rotatable bonds is 7. The minimum atomic E-state index is -0.539. The average molecular weight is 252 g/mol. The molecule has 0 saturated carbocycles. The minimum Gasteiger partial charge on any atom is -0.497 e. The fourth-order valence-electron chi connectivity index (χ4n) is 1.62. The molecule has 0 amide bonds. The first-order valence-corrected chi connectivity index (χ1v) is 6.12. The second-order valence-corrected chi connectivity index (χ2v) is 3.75. The summed E-state index contributed by atoms with van der Waals surface area (Å²) in [5, 5.41) is 0. The molecular formula is C14H20O4. The summed E-state index contributed by atoms with van der Waals surface area (Å²) in [7, 11) is 1.62. The van der Waals surface area contributed by atoms with Crippen molar-refractivity contribution in [3.63, 3.8) is 0 Å². The Labute approximate surface area is 108 Å². The summed E-state index contributed by atoms with van der Waals surface area (Å²) in [6.45, 7) is 4.50. The second-order valence-electron chi connectivity index (χ2n) is 3.75. The van der Waals surface area contributed by atoms with Gasteiger partial charge in [0.25, 0.3) is 0 Å². The lowest BCUT2D eigenvalue weighted by Gasteiger charge is -2.15. The number of benzene rings is 1. The molecule has 0 saturated heterocycles. The van der Waals surface area contributed by atoms with Gasteiger partial charge in [0, 0.05) is 13.0 Å². The van der Waals surface area contributed by atoms with Crippen molar-refractivity contribution in [1.82, 2.24) is 0 Å². The summed E-state index contributed by atoms with van der Waals surface area (Å²) in [6.07, 6.45) is -0.0280. The van der Waals surface area contributed by atoms with E-state index in [9.17, 15) is 4.79 Å². The molecule has 18 heavy (non-hydrogen) atoms. The SMILES string of the molecule is CCOC(=O)C(Cc1ccc(OC)cc1)OCC. The first kappa shape index (κ1) is 14.5. The summed E-state index contributed by atoms with van der Waals surface area (Å²) >= 11 is 0. The van der Waals surface area contributed by atoms with Crippen LogP contribution in [0.5, 0.6) is 5.75 Å². The number of hydrogen-bond acceptors (Lipinski definition) is 4. The third-order valence-electron chi connectivity index (χ3n) is 2.50. The van der Waals surface area contributed by atoms with E-state index in [4.69, 9.17) is 14.2 Å². The monoisotopic (exact) mass is 252 g/mol. The van der Waals surface area contributed by atoms with Crippen LogP contribution in [-0.4, -0.2) is 32.4 Å². The van der Waals surface area contributed by atoms with Crippen LogP contribution in [0.3, 0.4) is 0 Å². The molecule has 0 aliphatic rings. The molecule has 1 atom stereocenters. The van der Waals surface area contributed by atoms with E-state index in [1.165, 1.54) is 0 Å². The highest BCUT2D eigenvalue weighted by atomic mass is 16.6. The average Bonchev–Trinajstić information content (AvgIpc) is 2.39. The maximum absolute atomic E-state index is 11.7. The Bertz CT molecular complexity index is 359. The molecule has 1 rings (SSSR count). The van der Waals surface area contributed by atoms with Crippen molar-refractivity contribution < 1.29 is 19.0 Å². The highest BCUT2D eigenvalue weighted by Gasteiger charge is 2.20. The third-order valence-corrected chi connectivity index (χ3v) is 2.50. The van der Waals surface area contributed by atoms with E-state index in [-0.39, 0.29) is 5.97 Å². The van der Waals surface area contributed by atoms with Gasteiger partial charge in [0.05, 0.1) is 13.7 Å². The predicted octanol–water partition coefficient (Wildman–Crippen LogP) is 2.21. The van der Waals surface area contributed by atoms with Gasteiger partial charge in [0.15, 0.2) is 6.10 Å². The number of carbonyl (C=O) groups excluding carboxylic acids is 1.